The lowest BCUT2D eigenvalue weighted by Gasteiger charge is -2.17. The number of hydrogen-bond donors (Lipinski definition) is 0. The molecule has 2 aromatic rings. The van der Waals surface area contributed by atoms with Gasteiger partial charge in [0.1, 0.15) is 12.4 Å². The molecular formula is C15H15ClN2O2. The summed E-state index contributed by atoms with van der Waals surface area (Å²) in [5, 5.41) is 0.502. The Morgan fingerprint density at radius 3 is 2.80 bits per heavy atom. The summed E-state index contributed by atoms with van der Waals surface area (Å²) in [7, 11) is 1.70. The van der Waals surface area contributed by atoms with Crippen molar-refractivity contribution < 1.29 is 9.53 Å². The first-order valence-corrected chi connectivity index (χ1v) is 6.52. The zero-order chi connectivity index (χ0) is 14.5. The quantitative estimate of drug-likeness (QED) is 0.868. The average Bonchev–Trinajstić information content (AvgIpc) is 2.46. The molecule has 0 fully saturated rings. The van der Waals surface area contributed by atoms with Gasteiger partial charge < -0.3 is 9.64 Å². The number of aromatic nitrogens is 1. The molecule has 0 saturated carbocycles. The molecule has 5 heteroatoms. The van der Waals surface area contributed by atoms with Gasteiger partial charge in [-0.25, -0.2) is 0 Å². The molecule has 1 aromatic heterocycles. The summed E-state index contributed by atoms with van der Waals surface area (Å²) < 4.78 is 5.66. The number of pyridine rings is 1. The highest BCUT2D eigenvalue weighted by atomic mass is 35.5. The molecule has 0 spiro atoms. The van der Waals surface area contributed by atoms with Gasteiger partial charge in [0.2, 0.25) is 5.91 Å². The van der Waals surface area contributed by atoms with Crippen LogP contribution in [-0.4, -0.2) is 17.9 Å². The van der Waals surface area contributed by atoms with E-state index in [4.69, 9.17) is 16.3 Å². The number of amides is 1. The standard InChI is InChI=1S/C15H15ClN2O2/c1-11(19)18(2)13-6-7-14(16)15(9-13)20-10-12-5-3-4-8-17-12/h3-9H,10H2,1-2H3. The Morgan fingerprint density at radius 1 is 1.35 bits per heavy atom. The van der Waals surface area contributed by atoms with Gasteiger partial charge in [0.15, 0.2) is 0 Å². The van der Waals surface area contributed by atoms with Crippen LogP contribution in [0.3, 0.4) is 0 Å². The summed E-state index contributed by atoms with van der Waals surface area (Å²) >= 11 is 6.10. The minimum Gasteiger partial charge on any atom is -0.486 e. The summed E-state index contributed by atoms with van der Waals surface area (Å²) in [5.74, 6) is 0.478. The van der Waals surface area contributed by atoms with Crippen molar-refractivity contribution >= 4 is 23.2 Å². The molecular weight excluding hydrogens is 276 g/mol. The highest BCUT2D eigenvalue weighted by Crippen LogP contribution is 2.29. The summed E-state index contributed by atoms with van der Waals surface area (Å²) in [4.78, 5) is 17.1. The van der Waals surface area contributed by atoms with E-state index in [0.29, 0.717) is 17.4 Å². The smallest absolute Gasteiger partial charge is 0.223 e. The molecule has 0 radical (unpaired) electrons. The topological polar surface area (TPSA) is 42.4 Å². The zero-order valence-electron chi connectivity index (χ0n) is 11.3. The highest BCUT2D eigenvalue weighted by molar-refractivity contribution is 6.32. The van der Waals surface area contributed by atoms with E-state index in [1.165, 1.54) is 11.8 Å². The molecule has 1 aromatic carbocycles. The van der Waals surface area contributed by atoms with Gasteiger partial charge in [-0.3, -0.25) is 9.78 Å². The molecule has 2 rings (SSSR count). The predicted octanol–water partition coefficient (Wildman–Crippen LogP) is 3.30. The van der Waals surface area contributed by atoms with Crippen LogP contribution in [0, 0.1) is 0 Å². The van der Waals surface area contributed by atoms with Crippen LogP contribution in [0.25, 0.3) is 0 Å². The molecule has 0 saturated heterocycles. The van der Waals surface area contributed by atoms with E-state index in [1.54, 1.807) is 31.4 Å². The third-order valence-electron chi connectivity index (χ3n) is 2.88. The van der Waals surface area contributed by atoms with Crippen molar-refractivity contribution in [3.05, 3.63) is 53.3 Å². The molecule has 0 aliphatic rings. The maximum atomic E-state index is 11.4. The largest absolute Gasteiger partial charge is 0.486 e. The Morgan fingerprint density at radius 2 is 2.15 bits per heavy atom. The fourth-order valence-corrected chi connectivity index (χ4v) is 1.80. The lowest BCUT2D eigenvalue weighted by atomic mass is 10.2. The molecule has 0 N–H and O–H groups in total. The van der Waals surface area contributed by atoms with Crippen molar-refractivity contribution in [2.45, 2.75) is 13.5 Å². The van der Waals surface area contributed by atoms with Gasteiger partial charge in [0.05, 0.1) is 10.7 Å². The second kappa shape index (κ2) is 6.39. The van der Waals surface area contributed by atoms with E-state index >= 15 is 0 Å². The van der Waals surface area contributed by atoms with Crippen molar-refractivity contribution in [2.75, 3.05) is 11.9 Å². The van der Waals surface area contributed by atoms with Crippen molar-refractivity contribution in [1.29, 1.82) is 0 Å². The number of hydrogen-bond acceptors (Lipinski definition) is 3. The summed E-state index contributed by atoms with van der Waals surface area (Å²) in [6.07, 6.45) is 1.71. The SMILES string of the molecule is CC(=O)N(C)c1ccc(Cl)c(OCc2ccccn2)c1. The maximum Gasteiger partial charge on any atom is 0.223 e. The van der Waals surface area contributed by atoms with Gasteiger partial charge in [-0.1, -0.05) is 17.7 Å². The van der Waals surface area contributed by atoms with Gasteiger partial charge in [-0.15, -0.1) is 0 Å². The summed E-state index contributed by atoms with van der Waals surface area (Å²) in [5.41, 5.74) is 1.55. The molecule has 0 atom stereocenters. The predicted molar refractivity (Wildman–Crippen MR) is 79.1 cm³/mol. The minimum atomic E-state index is -0.0528. The molecule has 0 aliphatic carbocycles. The number of anilines is 1. The lowest BCUT2D eigenvalue weighted by molar-refractivity contribution is -0.116. The Bertz CT molecular complexity index is 602. The first-order valence-electron chi connectivity index (χ1n) is 6.14. The summed E-state index contributed by atoms with van der Waals surface area (Å²) in [6.45, 7) is 1.83. The van der Waals surface area contributed by atoms with E-state index in [0.717, 1.165) is 11.4 Å². The Balaban J connectivity index is 2.15. The van der Waals surface area contributed by atoms with Crippen LogP contribution in [0.15, 0.2) is 42.6 Å². The number of ether oxygens (including phenoxy) is 1. The zero-order valence-corrected chi connectivity index (χ0v) is 12.1. The molecule has 0 aliphatic heterocycles. The van der Waals surface area contributed by atoms with Gasteiger partial charge in [-0.05, 0) is 24.3 Å². The first-order chi connectivity index (χ1) is 9.58. The molecule has 1 amide bonds. The summed E-state index contributed by atoms with van der Waals surface area (Å²) in [6, 6.07) is 10.8. The first kappa shape index (κ1) is 14.3. The Labute approximate surface area is 123 Å². The van der Waals surface area contributed by atoms with Gasteiger partial charge in [-0.2, -0.15) is 0 Å². The number of benzene rings is 1. The van der Waals surface area contributed by atoms with Crippen LogP contribution in [0.2, 0.25) is 5.02 Å². The molecule has 20 heavy (non-hydrogen) atoms. The van der Waals surface area contributed by atoms with Crippen molar-refractivity contribution in [2.24, 2.45) is 0 Å². The normalized spacial score (nSPS) is 10.2. The third-order valence-corrected chi connectivity index (χ3v) is 3.19. The number of nitrogens with zero attached hydrogens (tertiary/aromatic N) is 2. The molecule has 4 nitrogen and oxygen atoms in total. The van der Waals surface area contributed by atoms with Crippen LogP contribution in [0.5, 0.6) is 5.75 Å². The van der Waals surface area contributed by atoms with Crippen LogP contribution in [0.1, 0.15) is 12.6 Å². The molecule has 104 valence electrons. The van der Waals surface area contributed by atoms with Crippen molar-refractivity contribution in [3.63, 3.8) is 0 Å². The maximum absolute atomic E-state index is 11.4. The van der Waals surface area contributed by atoms with E-state index < -0.39 is 0 Å². The van der Waals surface area contributed by atoms with E-state index in [1.807, 2.05) is 18.2 Å². The minimum absolute atomic E-state index is 0.0528. The number of halogens is 1. The van der Waals surface area contributed by atoms with Crippen molar-refractivity contribution in [1.82, 2.24) is 4.98 Å². The van der Waals surface area contributed by atoms with E-state index in [2.05, 4.69) is 4.98 Å². The number of carbonyl (C=O) groups is 1. The third kappa shape index (κ3) is 3.48. The Hall–Kier alpha value is -2.07. The monoisotopic (exact) mass is 290 g/mol. The molecule has 0 bridgehead atoms. The Kier molecular flexibility index (Phi) is 4.58. The van der Waals surface area contributed by atoms with Gasteiger partial charge >= 0.3 is 0 Å². The number of rotatable bonds is 4. The van der Waals surface area contributed by atoms with Crippen LogP contribution < -0.4 is 9.64 Å². The fourth-order valence-electron chi connectivity index (χ4n) is 1.63. The van der Waals surface area contributed by atoms with Crippen LogP contribution >= 0.6 is 11.6 Å². The second-order valence-corrected chi connectivity index (χ2v) is 4.71. The highest BCUT2D eigenvalue weighted by Gasteiger charge is 2.09. The second-order valence-electron chi connectivity index (χ2n) is 4.30. The fraction of sp³-hybridized carbons (Fsp3) is 0.200. The van der Waals surface area contributed by atoms with Gasteiger partial charge in [0.25, 0.3) is 0 Å². The van der Waals surface area contributed by atoms with Crippen LogP contribution in [-0.2, 0) is 11.4 Å². The van der Waals surface area contributed by atoms with E-state index in [-0.39, 0.29) is 5.91 Å². The number of carbonyl (C=O) groups excluding carboxylic acids is 1. The van der Waals surface area contributed by atoms with Crippen LogP contribution in [0.4, 0.5) is 5.69 Å². The molecule has 1 heterocycles. The average molecular weight is 291 g/mol. The van der Waals surface area contributed by atoms with E-state index in [9.17, 15) is 4.79 Å². The lowest BCUT2D eigenvalue weighted by Crippen LogP contribution is -2.22. The molecule has 0 unspecified atom stereocenters. The van der Waals surface area contributed by atoms with Gasteiger partial charge in [0, 0.05) is 31.9 Å². The van der Waals surface area contributed by atoms with Crippen molar-refractivity contribution in [3.8, 4) is 5.75 Å².